The SMILES string of the molecule is CC(C)CN(CC(=O)O)C(=O)N1CCN(C2CC2)CC1. The summed E-state index contributed by atoms with van der Waals surface area (Å²) in [5, 5.41) is 8.95. The van der Waals surface area contributed by atoms with Crippen LogP contribution in [0.25, 0.3) is 0 Å². The smallest absolute Gasteiger partial charge is 0.323 e. The fourth-order valence-electron chi connectivity index (χ4n) is 2.73. The molecular weight excluding hydrogens is 258 g/mol. The van der Waals surface area contributed by atoms with E-state index in [1.807, 2.05) is 13.8 Å². The van der Waals surface area contributed by atoms with Crippen molar-refractivity contribution in [2.75, 3.05) is 39.3 Å². The Morgan fingerprint density at radius 3 is 2.25 bits per heavy atom. The van der Waals surface area contributed by atoms with Crippen molar-refractivity contribution < 1.29 is 14.7 Å². The van der Waals surface area contributed by atoms with Gasteiger partial charge in [0.15, 0.2) is 0 Å². The van der Waals surface area contributed by atoms with E-state index in [-0.39, 0.29) is 18.5 Å². The number of hydrogen-bond acceptors (Lipinski definition) is 3. The van der Waals surface area contributed by atoms with Gasteiger partial charge in [-0.2, -0.15) is 0 Å². The Morgan fingerprint density at radius 1 is 1.20 bits per heavy atom. The van der Waals surface area contributed by atoms with Gasteiger partial charge >= 0.3 is 12.0 Å². The number of carbonyl (C=O) groups is 2. The average Bonchev–Trinajstić information content (AvgIpc) is 3.20. The van der Waals surface area contributed by atoms with Crippen LogP contribution in [-0.2, 0) is 4.79 Å². The zero-order chi connectivity index (χ0) is 14.7. The summed E-state index contributed by atoms with van der Waals surface area (Å²) in [6.45, 7) is 7.53. The third-order valence-electron chi connectivity index (χ3n) is 3.83. The highest BCUT2D eigenvalue weighted by Crippen LogP contribution is 2.27. The molecule has 6 nitrogen and oxygen atoms in total. The van der Waals surface area contributed by atoms with Gasteiger partial charge in [-0.25, -0.2) is 4.79 Å². The van der Waals surface area contributed by atoms with Crippen LogP contribution in [0.15, 0.2) is 0 Å². The highest BCUT2D eigenvalue weighted by Gasteiger charge is 2.33. The Hall–Kier alpha value is -1.30. The summed E-state index contributed by atoms with van der Waals surface area (Å²) in [7, 11) is 0. The maximum Gasteiger partial charge on any atom is 0.323 e. The normalized spacial score (nSPS) is 20.2. The molecule has 0 unspecified atom stereocenters. The second kappa shape index (κ2) is 6.43. The van der Waals surface area contributed by atoms with Crippen molar-refractivity contribution in [3.05, 3.63) is 0 Å². The molecule has 20 heavy (non-hydrogen) atoms. The first-order valence-corrected chi connectivity index (χ1v) is 7.47. The van der Waals surface area contributed by atoms with Crippen LogP contribution in [0.4, 0.5) is 4.79 Å². The molecule has 2 rings (SSSR count). The monoisotopic (exact) mass is 283 g/mol. The van der Waals surface area contributed by atoms with Gasteiger partial charge in [0.25, 0.3) is 0 Å². The Morgan fingerprint density at radius 2 is 1.80 bits per heavy atom. The van der Waals surface area contributed by atoms with Crippen LogP contribution in [-0.4, -0.2) is 77.1 Å². The van der Waals surface area contributed by atoms with Crippen LogP contribution < -0.4 is 0 Å². The average molecular weight is 283 g/mol. The number of carboxylic acids is 1. The van der Waals surface area contributed by atoms with Gasteiger partial charge in [-0.05, 0) is 18.8 Å². The molecule has 0 radical (unpaired) electrons. The van der Waals surface area contributed by atoms with Crippen molar-refractivity contribution in [3.8, 4) is 0 Å². The quantitative estimate of drug-likeness (QED) is 0.815. The van der Waals surface area contributed by atoms with E-state index in [1.54, 1.807) is 4.90 Å². The molecule has 6 heteroatoms. The van der Waals surface area contributed by atoms with Crippen LogP contribution >= 0.6 is 0 Å². The number of carbonyl (C=O) groups excluding carboxylic acids is 1. The van der Waals surface area contributed by atoms with Crippen LogP contribution in [0.2, 0.25) is 0 Å². The number of urea groups is 1. The second-order valence-electron chi connectivity index (χ2n) is 6.20. The van der Waals surface area contributed by atoms with Crippen molar-refractivity contribution in [1.82, 2.24) is 14.7 Å². The van der Waals surface area contributed by atoms with Gasteiger partial charge in [-0.3, -0.25) is 9.69 Å². The summed E-state index contributed by atoms with van der Waals surface area (Å²) in [5.74, 6) is -0.679. The molecule has 0 aromatic rings. The molecule has 0 spiro atoms. The lowest BCUT2D eigenvalue weighted by atomic mass is 10.2. The van der Waals surface area contributed by atoms with Gasteiger partial charge in [0.2, 0.25) is 0 Å². The number of amides is 2. The molecule has 1 aliphatic heterocycles. The molecule has 2 amide bonds. The van der Waals surface area contributed by atoms with Gasteiger partial charge in [-0.1, -0.05) is 13.8 Å². The molecule has 2 fully saturated rings. The molecular formula is C14H25N3O3. The third-order valence-corrected chi connectivity index (χ3v) is 3.83. The first-order chi connectivity index (χ1) is 9.47. The highest BCUT2D eigenvalue weighted by molar-refractivity contribution is 5.80. The highest BCUT2D eigenvalue weighted by atomic mass is 16.4. The van der Waals surface area contributed by atoms with Crippen molar-refractivity contribution in [1.29, 1.82) is 0 Å². The van der Waals surface area contributed by atoms with Gasteiger partial charge in [0.1, 0.15) is 6.54 Å². The number of piperazine rings is 1. The van der Waals surface area contributed by atoms with E-state index in [4.69, 9.17) is 5.11 Å². The molecule has 1 saturated heterocycles. The summed E-state index contributed by atoms with van der Waals surface area (Å²) < 4.78 is 0. The second-order valence-corrected chi connectivity index (χ2v) is 6.20. The Bertz CT molecular complexity index is 361. The van der Waals surface area contributed by atoms with Crippen LogP contribution in [0.5, 0.6) is 0 Å². The van der Waals surface area contributed by atoms with Crippen LogP contribution in [0.3, 0.4) is 0 Å². The van der Waals surface area contributed by atoms with E-state index in [2.05, 4.69) is 4.90 Å². The molecule has 1 aliphatic carbocycles. The molecule has 1 saturated carbocycles. The number of rotatable bonds is 5. The van der Waals surface area contributed by atoms with Crippen molar-refractivity contribution in [2.24, 2.45) is 5.92 Å². The van der Waals surface area contributed by atoms with Gasteiger partial charge in [-0.15, -0.1) is 0 Å². The maximum atomic E-state index is 12.4. The van der Waals surface area contributed by atoms with E-state index in [1.165, 1.54) is 17.7 Å². The molecule has 0 aromatic heterocycles. The minimum absolute atomic E-state index is 0.128. The molecule has 114 valence electrons. The van der Waals surface area contributed by atoms with Crippen LogP contribution in [0.1, 0.15) is 26.7 Å². The van der Waals surface area contributed by atoms with Gasteiger partial charge in [0, 0.05) is 38.8 Å². The Balaban J connectivity index is 1.87. The summed E-state index contributed by atoms with van der Waals surface area (Å²) in [6.07, 6.45) is 2.57. The summed E-state index contributed by atoms with van der Waals surface area (Å²) in [6, 6.07) is 0.606. The lowest BCUT2D eigenvalue weighted by Gasteiger charge is -2.37. The van der Waals surface area contributed by atoms with E-state index in [9.17, 15) is 9.59 Å². The first kappa shape index (κ1) is 15.1. The number of nitrogens with zero attached hydrogens (tertiary/aromatic N) is 3. The number of aliphatic carboxylic acids is 1. The zero-order valence-corrected chi connectivity index (χ0v) is 12.4. The molecule has 1 N–H and O–H groups in total. The summed E-state index contributed by atoms with van der Waals surface area (Å²) in [5.41, 5.74) is 0. The Kier molecular flexibility index (Phi) is 4.86. The van der Waals surface area contributed by atoms with E-state index in [0.717, 1.165) is 19.1 Å². The van der Waals surface area contributed by atoms with E-state index >= 15 is 0 Å². The zero-order valence-electron chi connectivity index (χ0n) is 12.4. The summed E-state index contributed by atoms with van der Waals surface area (Å²) in [4.78, 5) is 29.0. The molecule has 2 aliphatic rings. The lowest BCUT2D eigenvalue weighted by molar-refractivity contribution is -0.137. The maximum absolute atomic E-state index is 12.4. The van der Waals surface area contributed by atoms with Gasteiger partial charge in [0.05, 0.1) is 0 Å². The summed E-state index contributed by atoms with van der Waals surface area (Å²) >= 11 is 0. The van der Waals surface area contributed by atoms with E-state index < -0.39 is 5.97 Å². The van der Waals surface area contributed by atoms with Crippen molar-refractivity contribution >= 4 is 12.0 Å². The standard InChI is InChI=1S/C14H25N3O3/c1-11(2)9-17(10-13(18)19)14(20)16-7-5-15(6-8-16)12-3-4-12/h11-12H,3-10H2,1-2H3,(H,18,19). The minimum atomic E-state index is -0.949. The third kappa shape index (κ3) is 4.10. The predicted molar refractivity (Wildman–Crippen MR) is 75.6 cm³/mol. The molecule has 0 aromatic carbocycles. The predicted octanol–water partition coefficient (Wildman–Crippen LogP) is 0.929. The van der Waals surface area contributed by atoms with Crippen molar-refractivity contribution in [2.45, 2.75) is 32.7 Å². The Labute approximate surface area is 120 Å². The first-order valence-electron chi connectivity index (χ1n) is 7.47. The largest absolute Gasteiger partial charge is 0.480 e. The lowest BCUT2D eigenvalue weighted by Crippen LogP contribution is -2.54. The molecule has 1 heterocycles. The number of carboxylic acid groups (broad SMARTS) is 1. The molecule has 0 atom stereocenters. The fourth-order valence-corrected chi connectivity index (χ4v) is 2.73. The fraction of sp³-hybridized carbons (Fsp3) is 0.857. The minimum Gasteiger partial charge on any atom is -0.480 e. The van der Waals surface area contributed by atoms with Gasteiger partial charge < -0.3 is 14.9 Å². The molecule has 0 bridgehead atoms. The topological polar surface area (TPSA) is 64.1 Å². The van der Waals surface area contributed by atoms with Crippen LogP contribution in [0, 0.1) is 5.92 Å². The van der Waals surface area contributed by atoms with Crippen molar-refractivity contribution in [3.63, 3.8) is 0 Å². The number of hydrogen-bond donors (Lipinski definition) is 1. The van der Waals surface area contributed by atoms with E-state index in [0.29, 0.717) is 19.6 Å².